The Labute approximate surface area is 249 Å². The highest BCUT2D eigenvalue weighted by Gasteiger charge is 2.39. The number of aromatic nitrogens is 3. The van der Waals surface area contributed by atoms with Gasteiger partial charge in [0.2, 0.25) is 8.32 Å². The van der Waals surface area contributed by atoms with Gasteiger partial charge in [0.1, 0.15) is 16.5 Å². The lowest BCUT2D eigenvalue weighted by atomic mass is 10.1. The van der Waals surface area contributed by atoms with Crippen LogP contribution in [0.1, 0.15) is 71.7 Å². The van der Waals surface area contributed by atoms with Crippen LogP contribution in [-0.2, 0) is 30.2 Å². The van der Waals surface area contributed by atoms with Crippen molar-refractivity contribution >= 4 is 40.7 Å². The molecule has 0 spiro atoms. The van der Waals surface area contributed by atoms with Crippen LogP contribution in [0.3, 0.4) is 0 Å². The molecule has 1 aliphatic rings. The van der Waals surface area contributed by atoms with E-state index in [1.54, 1.807) is 18.3 Å². The summed E-state index contributed by atoms with van der Waals surface area (Å²) in [5, 5.41) is 9.17. The van der Waals surface area contributed by atoms with Crippen LogP contribution in [0.2, 0.25) is 18.1 Å². The van der Waals surface area contributed by atoms with Gasteiger partial charge < -0.3 is 13.9 Å². The predicted molar refractivity (Wildman–Crippen MR) is 167 cm³/mol. The second-order valence-electron chi connectivity index (χ2n) is 12.4. The van der Waals surface area contributed by atoms with Gasteiger partial charge in [-0.2, -0.15) is 13.5 Å². The second kappa shape index (κ2) is 13.2. The summed E-state index contributed by atoms with van der Waals surface area (Å²) in [5.74, 6) is 0.875. The zero-order valence-corrected chi connectivity index (χ0v) is 28.1. The van der Waals surface area contributed by atoms with E-state index in [-0.39, 0.29) is 11.3 Å². The minimum Gasteiger partial charge on any atom is -0.543 e. The number of ether oxygens (including phenoxy) is 2. The summed E-state index contributed by atoms with van der Waals surface area (Å²) >= 11 is 1.60. The van der Waals surface area contributed by atoms with Crippen molar-refractivity contribution < 1.29 is 26.5 Å². The van der Waals surface area contributed by atoms with Gasteiger partial charge in [0.15, 0.2) is 6.23 Å². The predicted octanol–water partition coefficient (Wildman–Crippen LogP) is 6.95. The number of hydrogen-bond donors (Lipinski definition) is 0. The minimum atomic E-state index is -3.44. The summed E-state index contributed by atoms with van der Waals surface area (Å²) < 4.78 is 47.9. The first-order valence-electron chi connectivity index (χ1n) is 14.5. The molecule has 228 valence electrons. The number of thiazole rings is 1. The van der Waals surface area contributed by atoms with Crippen molar-refractivity contribution in [1.29, 1.82) is 0 Å². The number of aryl methyl sites for hydroxylation is 1. The van der Waals surface area contributed by atoms with Crippen molar-refractivity contribution in [3.8, 4) is 16.5 Å². The number of hydrogen-bond acceptors (Lipinski definition) is 9. The molecule has 0 aliphatic carbocycles. The van der Waals surface area contributed by atoms with E-state index in [0.29, 0.717) is 19.6 Å². The van der Waals surface area contributed by atoms with Crippen molar-refractivity contribution in [2.45, 2.75) is 96.7 Å². The Hall–Kier alpha value is -1.83. The maximum atomic E-state index is 11.2. The van der Waals surface area contributed by atoms with E-state index in [1.807, 2.05) is 4.68 Å². The third-order valence-corrected chi connectivity index (χ3v) is 13.7. The van der Waals surface area contributed by atoms with Crippen LogP contribution in [0.5, 0.6) is 5.75 Å². The molecule has 9 nitrogen and oxygen atoms in total. The minimum absolute atomic E-state index is 0.0747. The number of rotatable bonds is 13. The van der Waals surface area contributed by atoms with E-state index in [1.165, 1.54) is 0 Å². The molecule has 3 aromatic rings. The van der Waals surface area contributed by atoms with Gasteiger partial charge in [-0.25, -0.2) is 9.67 Å². The molecule has 2 aromatic heterocycles. The Morgan fingerprint density at radius 1 is 1.22 bits per heavy atom. The van der Waals surface area contributed by atoms with Crippen molar-refractivity contribution in [2.24, 2.45) is 0 Å². The third-order valence-electron chi connectivity index (χ3n) is 7.77. The topological polar surface area (TPSA) is 102 Å². The quantitative estimate of drug-likeness (QED) is 0.115. The Morgan fingerprint density at radius 2 is 2.00 bits per heavy atom. The van der Waals surface area contributed by atoms with Crippen LogP contribution in [-0.4, -0.2) is 63.7 Å². The van der Waals surface area contributed by atoms with E-state index in [9.17, 15) is 8.42 Å². The summed E-state index contributed by atoms with van der Waals surface area (Å²) in [6, 6.07) is 6.30. The fraction of sp³-hybridized carbons (Fsp3) is 0.655. The molecule has 1 aromatic carbocycles. The largest absolute Gasteiger partial charge is 0.543 e. The smallest absolute Gasteiger partial charge is 0.264 e. The van der Waals surface area contributed by atoms with E-state index in [4.69, 9.17) is 28.2 Å². The molecule has 1 aliphatic heterocycles. The van der Waals surface area contributed by atoms with Gasteiger partial charge in [-0.3, -0.25) is 4.18 Å². The highest BCUT2D eigenvalue weighted by atomic mass is 32.2. The summed E-state index contributed by atoms with van der Waals surface area (Å²) in [6.07, 6.45) is 5.88. The molecule has 41 heavy (non-hydrogen) atoms. The highest BCUT2D eigenvalue weighted by molar-refractivity contribution is 7.86. The molecule has 4 rings (SSSR count). The molecule has 3 heterocycles. The van der Waals surface area contributed by atoms with E-state index in [2.05, 4.69) is 57.4 Å². The van der Waals surface area contributed by atoms with Gasteiger partial charge in [0.25, 0.3) is 10.1 Å². The summed E-state index contributed by atoms with van der Waals surface area (Å²) in [6.45, 7) is 14.8. The summed E-state index contributed by atoms with van der Waals surface area (Å²) in [4.78, 5) is 4.95. The Bertz CT molecular complexity index is 1410. The van der Waals surface area contributed by atoms with Crippen molar-refractivity contribution in [1.82, 2.24) is 14.8 Å². The average molecular weight is 624 g/mol. The first-order chi connectivity index (χ1) is 19.2. The molecule has 12 heteroatoms. The Kier molecular flexibility index (Phi) is 10.3. The van der Waals surface area contributed by atoms with Gasteiger partial charge in [-0.15, -0.1) is 11.3 Å². The van der Waals surface area contributed by atoms with Crippen LogP contribution in [0.4, 0.5) is 0 Å². The molecular weight excluding hydrogens is 579 g/mol. The lowest BCUT2D eigenvalue weighted by Crippen LogP contribution is -2.43. The van der Waals surface area contributed by atoms with E-state index >= 15 is 0 Å². The zero-order chi connectivity index (χ0) is 29.8. The van der Waals surface area contributed by atoms with Gasteiger partial charge in [0.05, 0.1) is 23.6 Å². The van der Waals surface area contributed by atoms with Crippen molar-refractivity contribution in [3.63, 3.8) is 0 Å². The van der Waals surface area contributed by atoms with Gasteiger partial charge >= 0.3 is 0 Å². The molecule has 1 unspecified atom stereocenters. The van der Waals surface area contributed by atoms with Crippen LogP contribution in [0.25, 0.3) is 21.6 Å². The fourth-order valence-electron chi connectivity index (χ4n) is 4.51. The SMILES string of the molecule is C[C@H](CCOCCCc1csc(-c2nn(C3CCCCO3)c3ccc(O[Si](C)(C)C(C)(C)C)cc23)n1)OS(C)(=O)=O. The number of nitrogens with zero attached hydrogens (tertiary/aromatic N) is 3. The van der Waals surface area contributed by atoms with Gasteiger partial charge in [-0.1, -0.05) is 20.8 Å². The molecule has 1 fully saturated rings. The van der Waals surface area contributed by atoms with Crippen LogP contribution in [0.15, 0.2) is 23.6 Å². The Morgan fingerprint density at radius 3 is 2.68 bits per heavy atom. The van der Waals surface area contributed by atoms with Crippen LogP contribution >= 0.6 is 11.3 Å². The monoisotopic (exact) mass is 623 g/mol. The van der Waals surface area contributed by atoms with E-state index < -0.39 is 24.5 Å². The maximum Gasteiger partial charge on any atom is 0.264 e. The molecule has 0 N–H and O–H groups in total. The first-order valence-corrected chi connectivity index (χ1v) is 20.1. The highest BCUT2D eigenvalue weighted by Crippen LogP contribution is 2.40. The molecule has 0 saturated carbocycles. The van der Waals surface area contributed by atoms with Crippen LogP contribution < -0.4 is 4.43 Å². The van der Waals surface area contributed by atoms with E-state index in [0.717, 1.165) is 78.0 Å². The van der Waals surface area contributed by atoms with Crippen LogP contribution in [0, 0.1) is 0 Å². The zero-order valence-electron chi connectivity index (χ0n) is 25.4. The number of fused-ring (bicyclic) bond motifs is 1. The fourth-order valence-corrected chi connectivity index (χ4v) is 7.08. The maximum absolute atomic E-state index is 11.2. The molecule has 0 radical (unpaired) electrons. The molecule has 1 saturated heterocycles. The standard InChI is InChI=1S/C29H45N3O6S2Si/c1-21(37-40(5,33)34)15-18-35-16-10-11-22-20-39-28(30-22)27-24-19-23(38-41(6,7)29(2,3)4)13-14-25(24)32(31-27)26-12-8-9-17-36-26/h13-14,19-21,26H,8-12,15-18H2,1-7H3/t21-,26?/m1/s1. The van der Waals surface area contributed by atoms with Crippen molar-refractivity contribution in [2.75, 3.05) is 26.1 Å². The second-order valence-corrected chi connectivity index (χ2v) is 19.6. The molecule has 0 amide bonds. The Balaban J connectivity index is 1.47. The lowest BCUT2D eigenvalue weighted by Gasteiger charge is -2.36. The van der Waals surface area contributed by atoms with Gasteiger partial charge in [-0.05, 0) is 81.8 Å². The molecule has 2 atom stereocenters. The average Bonchev–Trinajstić information content (AvgIpc) is 3.49. The van der Waals surface area contributed by atoms with Gasteiger partial charge in [0, 0.05) is 30.6 Å². The normalized spacial score (nSPS) is 17.7. The van der Waals surface area contributed by atoms with Crippen molar-refractivity contribution in [3.05, 3.63) is 29.3 Å². The lowest BCUT2D eigenvalue weighted by molar-refractivity contribution is -0.0365. The summed E-state index contributed by atoms with van der Waals surface area (Å²) in [5.41, 5.74) is 2.91. The molecule has 0 bridgehead atoms. The molecular formula is C29H45N3O6S2Si. The number of benzene rings is 1. The first kappa shape index (κ1) is 32.1. The third kappa shape index (κ3) is 8.61. The summed E-state index contributed by atoms with van der Waals surface area (Å²) in [7, 11) is -5.45.